The van der Waals surface area contributed by atoms with Crippen molar-refractivity contribution in [3.63, 3.8) is 0 Å². The van der Waals surface area contributed by atoms with E-state index >= 15 is 0 Å². The van der Waals surface area contributed by atoms with Crippen molar-refractivity contribution in [3.8, 4) is 0 Å². The van der Waals surface area contributed by atoms with Crippen LogP contribution in [0.3, 0.4) is 0 Å². The lowest BCUT2D eigenvalue weighted by Gasteiger charge is -2.14. The molecule has 2 aromatic carbocycles. The maximum Gasteiger partial charge on any atom is 0.271 e. The van der Waals surface area contributed by atoms with Crippen molar-refractivity contribution in [1.82, 2.24) is 0 Å². The monoisotopic (exact) mass is 328 g/mol. The van der Waals surface area contributed by atoms with Crippen LogP contribution in [0.15, 0.2) is 72.3 Å². The van der Waals surface area contributed by atoms with Gasteiger partial charge in [-0.3, -0.25) is 0 Å². The van der Waals surface area contributed by atoms with Gasteiger partial charge < -0.3 is 4.74 Å². The quantitative estimate of drug-likeness (QED) is 0.606. The van der Waals surface area contributed by atoms with Gasteiger partial charge in [-0.25, -0.2) is 0 Å². The average Bonchev–Trinajstić information content (AvgIpc) is 3.34. The predicted molar refractivity (Wildman–Crippen MR) is 92.0 cm³/mol. The first-order chi connectivity index (χ1) is 11.6. The SMILES string of the molecule is CC(=C(F)F)C1OC1(CCc1ccccc1)CCc1ccccc1. The number of ether oxygens (including phenoxy) is 1. The minimum absolute atomic E-state index is 0.0797. The summed E-state index contributed by atoms with van der Waals surface area (Å²) in [5.74, 6) is 0. The summed E-state index contributed by atoms with van der Waals surface area (Å²) in [5.41, 5.74) is 2.05. The zero-order chi connectivity index (χ0) is 17.0. The molecule has 0 saturated carbocycles. The van der Waals surface area contributed by atoms with E-state index in [9.17, 15) is 8.78 Å². The van der Waals surface area contributed by atoms with E-state index < -0.39 is 17.8 Å². The van der Waals surface area contributed by atoms with E-state index in [1.807, 2.05) is 36.4 Å². The fourth-order valence-electron chi connectivity index (χ4n) is 3.29. The molecule has 3 heteroatoms. The van der Waals surface area contributed by atoms with Crippen molar-refractivity contribution in [2.24, 2.45) is 0 Å². The van der Waals surface area contributed by atoms with Crippen LogP contribution in [-0.4, -0.2) is 11.7 Å². The molecule has 0 aromatic heterocycles. The van der Waals surface area contributed by atoms with Gasteiger partial charge >= 0.3 is 0 Å². The Bertz CT molecular complexity index is 647. The van der Waals surface area contributed by atoms with Crippen molar-refractivity contribution >= 4 is 0 Å². The highest BCUT2D eigenvalue weighted by atomic mass is 19.3. The zero-order valence-electron chi connectivity index (χ0n) is 13.8. The minimum atomic E-state index is -1.61. The zero-order valence-corrected chi connectivity index (χ0v) is 13.8. The lowest BCUT2D eigenvalue weighted by atomic mass is 9.88. The molecule has 0 amide bonds. The van der Waals surface area contributed by atoms with Gasteiger partial charge in [-0.1, -0.05) is 60.7 Å². The summed E-state index contributed by atoms with van der Waals surface area (Å²) in [6, 6.07) is 20.3. The van der Waals surface area contributed by atoms with E-state index in [0.29, 0.717) is 0 Å². The lowest BCUT2D eigenvalue weighted by molar-refractivity contribution is 0.268. The summed E-state index contributed by atoms with van der Waals surface area (Å²) in [4.78, 5) is 0. The van der Waals surface area contributed by atoms with Crippen LogP contribution in [0.25, 0.3) is 0 Å². The minimum Gasteiger partial charge on any atom is -0.361 e. The molecular weight excluding hydrogens is 306 g/mol. The van der Waals surface area contributed by atoms with Crippen LogP contribution in [0.2, 0.25) is 0 Å². The molecule has 1 saturated heterocycles. The van der Waals surface area contributed by atoms with Gasteiger partial charge in [-0.15, -0.1) is 0 Å². The Hall–Kier alpha value is -2.00. The van der Waals surface area contributed by atoms with Crippen molar-refractivity contribution in [2.45, 2.75) is 44.3 Å². The van der Waals surface area contributed by atoms with E-state index in [-0.39, 0.29) is 5.57 Å². The molecule has 24 heavy (non-hydrogen) atoms. The van der Waals surface area contributed by atoms with Crippen molar-refractivity contribution in [2.75, 3.05) is 0 Å². The molecule has 1 aliphatic heterocycles. The van der Waals surface area contributed by atoms with Crippen LogP contribution in [0, 0.1) is 0 Å². The number of benzene rings is 2. The number of aryl methyl sites for hydroxylation is 2. The fraction of sp³-hybridized carbons (Fsp3) is 0.333. The van der Waals surface area contributed by atoms with E-state index in [1.54, 1.807) is 0 Å². The first-order valence-electron chi connectivity index (χ1n) is 8.38. The van der Waals surface area contributed by atoms with Gasteiger partial charge in [0.15, 0.2) is 0 Å². The van der Waals surface area contributed by atoms with Gasteiger partial charge in [0.2, 0.25) is 0 Å². The molecule has 1 unspecified atom stereocenters. The lowest BCUT2D eigenvalue weighted by Crippen LogP contribution is -2.19. The number of halogens is 2. The Labute approximate surface area is 142 Å². The van der Waals surface area contributed by atoms with E-state index in [4.69, 9.17) is 4.74 Å². The van der Waals surface area contributed by atoms with Gasteiger partial charge in [0.25, 0.3) is 6.08 Å². The molecule has 0 N–H and O–H groups in total. The summed E-state index contributed by atoms with van der Waals surface area (Å²) >= 11 is 0. The second-order valence-corrected chi connectivity index (χ2v) is 6.48. The smallest absolute Gasteiger partial charge is 0.271 e. The molecule has 1 heterocycles. The highest BCUT2D eigenvalue weighted by molar-refractivity contribution is 5.25. The molecule has 1 aliphatic rings. The first-order valence-corrected chi connectivity index (χ1v) is 8.38. The van der Waals surface area contributed by atoms with E-state index in [0.717, 1.165) is 25.7 Å². The molecule has 0 bridgehead atoms. The fourth-order valence-corrected chi connectivity index (χ4v) is 3.29. The van der Waals surface area contributed by atoms with Crippen LogP contribution >= 0.6 is 0 Å². The highest BCUT2D eigenvalue weighted by Gasteiger charge is 2.56. The summed E-state index contributed by atoms with van der Waals surface area (Å²) < 4.78 is 31.8. The standard InChI is InChI=1S/C21H22F2O/c1-16(20(22)23)19-21(24-19,14-12-17-8-4-2-5-9-17)15-13-18-10-6-3-7-11-18/h2-11,19H,12-15H2,1H3. The number of rotatable bonds is 7. The van der Waals surface area contributed by atoms with Gasteiger partial charge in [0.1, 0.15) is 6.10 Å². The maximum atomic E-state index is 13.0. The van der Waals surface area contributed by atoms with Crippen LogP contribution in [0.5, 0.6) is 0 Å². The second kappa shape index (κ2) is 7.27. The van der Waals surface area contributed by atoms with Crippen molar-refractivity contribution in [3.05, 3.63) is 83.4 Å². The van der Waals surface area contributed by atoms with Crippen LogP contribution in [-0.2, 0) is 17.6 Å². The van der Waals surface area contributed by atoms with E-state index in [2.05, 4.69) is 24.3 Å². The second-order valence-electron chi connectivity index (χ2n) is 6.48. The van der Waals surface area contributed by atoms with Gasteiger partial charge in [-0.2, -0.15) is 8.78 Å². The first kappa shape index (κ1) is 16.8. The molecule has 1 nitrogen and oxygen atoms in total. The Morgan fingerprint density at radius 2 is 1.33 bits per heavy atom. The van der Waals surface area contributed by atoms with Crippen molar-refractivity contribution < 1.29 is 13.5 Å². The normalized spacial score (nSPS) is 18.2. The molecule has 126 valence electrons. The molecule has 0 aliphatic carbocycles. The third-order valence-electron chi connectivity index (χ3n) is 4.82. The molecule has 0 radical (unpaired) electrons. The van der Waals surface area contributed by atoms with Gasteiger partial charge in [-0.05, 0) is 43.7 Å². The van der Waals surface area contributed by atoms with Gasteiger partial charge in [0.05, 0.1) is 5.60 Å². The Balaban J connectivity index is 1.69. The Kier molecular flexibility index (Phi) is 5.10. The molecule has 1 fully saturated rings. The number of hydrogen-bond acceptors (Lipinski definition) is 1. The largest absolute Gasteiger partial charge is 0.361 e. The van der Waals surface area contributed by atoms with Gasteiger partial charge in [0, 0.05) is 5.57 Å². The third kappa shape index (κ3) is 3.90. The topological polar surface area (TPSA) is 12.5 Å². The molecule has 2 aromatic rings. The number of hydrogen-bond donors (Lipinski definition) is 0. The van der Waals surface area contributed by atoms with Crippen LogP contribution < -0.4 is 0 Å². The predicted octanol–water partition coefficient (Wildman–Crippen LogP) is 5.56. The Morgan fingerprint density at radius 3 is 1.75 bits per heavy atom. The summed E-state index contributed by atoms with van der Waals surface area (Å²) in [5, 5.41) is 0. The summed E-state index contributed by atoms with van der Waals surface area (Å²) in [6.45, 7) is 1.48. The molecule has 1 atom stereocenters. The number of epoxide rings is 1. The molecule has 0 spiro atoms. The molecular formula is C21H22F2O. The Morgan fingerprint density at radius 1 is 0.875 bits per heavy atom. The van der Waals surface area contributed by atoms with Crippen LogP contribution in [0.4, 0.5) is 8.78 Å². The highest BCUT2D eigenvalue weighted by Crippen LogP contribution is 2.49. The average molecular weight is 328 g/mol. The summed E-state index contributed by atoms with van der Waals surface area (Å²) in [6.07, 6.45) is 1.15. The van der Waals surface area contributed by atoms with E-state index in [1.165, 1.54) is 18.1 Å². The molecule has 3 rings (SSSR count). The third-order valence-corrected chi connectivity index (χ3v) is 4.82. The van der Waals surface area contributed by atoms with Crippen LogP contribution in [0.1, 0.15) is 30.9 Å². The summed E-state index contributed by atoms with van der Waals surface area (Å²) in [7, 11) is 0. The van der Waals surface area contributed by atoms with Crippen molar-refractivity contribution in [1.29, 1.82) is 0 Å². The maximum absolute atomic E-state index is 13.0.